The second-order valence-corrected chi connectivity index (χ2v) is 7.86. The van der Waals surface area contributed by atoms with E-state index < -0.39 is 24.0 Å². The summed E-state index contributed by atoms with van der Waals surface area (Å²) in [6.07, 6.45) is -3.04. The Morgan fingerprint density at radius 2 is 1.84 bits per heavy atom. The molecule has 0 unspecified atom stereocenters. The van der Waals surface area contributed by atoms with E-state index in [4.69, 9.17) is 4.74 Å². The van der Waals surface area contributed by atoms with Gasteiger partial charge in [-0.3, -0.25) is 14.5 Å². The van der Waals surface area contributed by atoms with Crippen LogP contribution in [0.2, 0.25) is 0 Å². The summed E-state index contributed by atoms with van der Waals surface area (Å²) in [4.78, 5) is 26.9. The van der Waals surface area contributed by atoms with Gasteiger partial charge in [0.1, 0.15) is 12.2 Å². The number of anilines is 2. The summed E-state index contributed by atoms with van der Waals surface area (Å²) in [5, 5.41) is 13.6. The summed E-state index contributed by atoms with van der Waals surface area (Å²) in [5.41, 5.74) is -0.482. The number of amides is 1. The van der Waals surface area contributed by atoms with Crippen LogP contribution in [0.1, 0.15) is 12.8 Å². The first-order chi connectivity index (χ1) is 15.3. The van der Waals surface area contributed by atoms with Gasteiger partial charge in [-0.15, -0.1) is 0 Å². The van der Waals surface area contributed by atoms with Crippen LogP contribution in [0.3, 0.4) is 0 Å². The second-order valence-electron chi connectivity index (χ2n) is 7.86. The number of benzene rings is 1. The summed E-state index contributed by atoms with van der Waals surface area (Å²) in [5.74, 6) is -1.04. The average molecular weight is 449 g/mol. The smallest absolute Gasteiger partial charge is 0.396 e. The molecule has 2 saturated heterocycles. The number of aromatic nitrogens is 2. The van der Waals surface area contributed by atoms with Crippen molar-refractivity contribution in [2.75, 3.05) is 31.1 Å². The second kappa shape index (κ2) is 8.83. The third kappa shape index (κ3) is 4.73. The quantitative estimate of drug-likeness (QED) is 0.668. The van der Waals surface area contributed by atoms with Crippen LogP contribution in [0.5, 0.6) is 5.75 Å². The predicted octanol–water partition coefficient (Wildman–Crippen LogP) is 1.99. The highest BCUT2D eigenvalue weighted by Gasteiger charge is 2.47. The normalized spacial score (nSPS) is 21.1. The molecular formula is C21H22F3N5O3. The van der Waals surface area contributed by atoms with Crippen LogP contribution in [-0.4, -0.2) is 59.8 Å². The van der Waals surface area contributed by atoms with Gasteiger partial charge in [-0.25, -0.2) is 0 Å². The number of ether oxygens (including phenoxy) is 1. The molecule has 8 nitrogen and oxygen atoms in total. The van der Waals surface area contributed by atoms with Crippen molar-refractivity contribution in [1.82, 2.24) is 20.8 Å². The van der Waals surface area contributed by atoms with Crippen molar-refractivity contribution in [3.05, 3.63) is 42.7 Å². The molecule has 4 rings (SSSR count). The summed E-state index contributed by atoms with van der Waals surface area (Å²) in [7, 11) is 0. The van der Waals surface area contributed by atoms with E-state index in [0.717, 1.165) is 0 Å². The standard InChI is InChI=1S/C21H22F3N5O3/c22-21(23,24)9-18(30)20(6-8-25-13-20)32-17-3-1-15(2-4-17)29(16-5-7-27-28-12-16)19(31)14-10-26-11-14/h1-5,7,12,14,25-26H,6,8-11,13H2/t20-/m1/s1. The number of hydrogen-bond acceptors (Lipinski definition) is 7. The molecule has 0 saturated carbocycles. The number of carbonyl (C=O) groups is 2. The lowest BCUT2D eigenvalue weighted by Crippen LogP contribution is -2.51. The molecule has 3 heterocycles. The number of nitrogens with one attached hydrogen (secondary N) is 2. The molecule has 1 aromatic heterocycles. The van der Waals surface area contributed by atoms with Gasteiger partial charge in [-0.05, 0) is 36.9 Å². The Balaban J connectivity index is 1.56. The third-order valence-corrected chi connectivity index (χ3v) is 5.57. The molecule has 2 fully saturated rings. The molecule has 32 heavy (non-hydrogen) atoms. The van der Waals surface area contributed by atoms with Crippen LogP contribution in [0, 0.1) is 5.92 Å². The van der Waals surface area contributed by atoms with Gasteiger partial charge < -0.3 is 15.4 Å². The number of halogens is 3. The number of rotatable bonds is 7. The molecule has 0 spiro atoms. The average Bonchev–Trinajstić information content (AvgIpc) is 3.18. The van der Waals surface area contributed by atoms with Crippen LogP contribution in [0.15, 0.2) is 42.7 Å². The van der Waals surface area contributed by atoms with Gasteiger partial charge in [0.05, 0.1) is 24.0 Å². The maximum Gasteiger partial charge on any atom is 0.396 e. The molecule has 2 aliphatic heterocycles. The predicted molar refractivity (Wildman–Crippen MR) is 109 cm³/mol. The lowest BCUT2D eigenvalue weighted by Gasteiger charge is -2.32. The fraction of sp³-hybridized carbons (Fsp3) is 0.429. The Kier molecular flexibility index (Phi) is 6.11. The first kappa shape index (κ1) is 22.2. The summed E-state index contributed by atoms with van der Waals surface area (Å²) in [6, 6.07) is 8.01. The molecule has 1 atom stereocenters. The SMILES string of the molecule is O=C(C1CNC1)N(c1ccc(O[C@]2(C(=O)CC(F)(F)F)CCNC2)cc1)c1ccnnc1. The van der Waals surface area contributed by atoms with Crippen LogP contribution in [0.4, 0.5) is 24.5 Å². The molecular weight excluding hydrogens is 427 g/mol. The van der Waals surface area contributed by atoms with Gasteiger partial charge in [-0.1, -0.05) is 0 Å². The summed E-state index contributed by atoms with van der Waals surface area (Å²) in [6.45, 7) is 1.54. The zero-order valence-corrected chi connectivity index (χ0v) is 17.1. The monoisotopic (exact) mass is 449 g/mol. The Bertz CT molecular complexity index is 959. The Hall–Kier alpha value is -3.05. The number of hydrogen-bond donors (Lipinski definition) is 2. The number of nitrogens with zero attached hydrogens (tertiary/aromatic N) is 3. The molecule has 1 amide bonds. The molecule has 170 valence electrons. The van der Waals surface area contributed by atoms with Crippen LogP contribution < -0.4 is 20.3 Å². The largest absolute Gasteiger partial charge is 0.478 e. The molecule has 11 heteroatoms. The number of Topliss-reactive ketones (excluding diaryl/α,β-unsaturated/α-hetero) is 1. The van der Waals surface area contributed by atoms with Crippen LogP contribution >= 0.6 is 0 Å². The van der Waals surface area contributed by atoms with Gasteiger partial charge in [-0.2, -0.15) is 23.4 Å². The van der Waals surface area contributed by atoms with E-state index in [1.807, 2.05) is 0 Å². The molecule has 0 aliphatic carbocycles. The van der Waals surface area contributed by atoms with E-state index in [1.54, 1.807) is 30.3 Å². The lowest BCUT2D eigenvalue weighted by atomic mass is 9.94. The van der Waals surface area contributed by atoms with E-state index in [0.29, 0.717) is 31.0 Å². The lowest BCUT2D eigenvalue weighted by molar-refractivity contribution is -0.162. The molecule has 0 radical (unpaired) electrons. The van der Waals surface area contributed by atoms with Crippen molar-refractivity contribution in [3.8, 4) is 5.75 Å². The Morgan fingerprint density at radius 1 is 1.09 bits per heavy atom. The van der Waals surface area contributed by atoms with Crippen LogP contribution in [0.25, 0.3) is 0 Å². The molecule has 2 aliphatic rings. The number of alkyl halides is 3. The first-order valence-electron chi connectivity index (χ1n) is 10.2. The van der Waals surface area contributed by atoms with E-state index in [1.165, 1.54) is 17.3 Å². The zero-order chi connectivity index (χ0) is 22.8. The highest BCUT2D eigenvalue weighted by molar-refractivity contribution is 6.02. The maximum atomic E-state index is 13.0. The molecule has 1 aromatic carbocycles. The number of carbonyl (C=O) groups excluding carboxylic acids is 2. The van der Waals surface area contributed by atoms with Gasteiger partial charge in [0.25, 0.3) is 0 Å². The fourth-order valence-electron chi connectivity index (χ4n) is 3.75. The minimum atomic E-state index is -4.60. The maximum absolute atomic E-state index is 13.0. The first-order valence-corrected chi connectivity index (χ1v) is 10.2. The molecule has 2 aromatic rings. The van der Waals surface area contributed by atoms with Crippen molar-refractivity contribution < 1.29 is 27.5 Å². The van der Waals surface area contributed by atoms with Gasteiger partial charge >= 0.3 is 6.18 Å². The van der Waals surface area contributed by atoms with Crippen molar-refractivity contribution in [2.45, 2.75) is 24.6 Å². The minimum absolute atomic E-state index is 0.00560. The van der Waals surface area contributed by atoms with Crippen molar-refractivity contribution >= 4 is 23.1 Å². The van der Waals surface area contributed by atoms with E-state index in [-0.39, 0.29) is 30.5 Å². The fourth-order valence-corrected chi connectivity index (χ4v) is 3.75. The van der Waals surface area contributed by atoms with Gasteiger partial charge in [0.2, 0.25) is 5.91 Å². The molecule has 0 bridgehead atoms. The minimum Gasteiger partial charge on any atom is -0.478 e. The Morgan fingerprint density at radius 3 is 2.38 bits per heavy atom. The third-order valence-electron chi connectivity index (χ3n) is 5.57. The van der Waals surface area contributed by atoms with E-state index in [2.05, 4.69) is 20.8 Å². The number of ketones is 1. The highest BCUT2D eigenvalue weighted by Crippen LogP contribution is 2.33. The van der Waals surface area contributed by atoms with Crippen molar-refractivity contribution in [1.29, 1.82) is 0 Å². The highest BCUT2D eigenvalue weighted by atomic mass is 19.4. The zero-order valence-electron chi connectivity index (χ0n) is 17.1. The summed E-state index contributed by atoms with van der Waals surface area (Å²) < 4.78 is 44.2. The van der Waals surface area contributed by atoms with Crippen molar-refractivity contribution in [3.63, 3.8) is 0 Å². The van der Waals surface area contributed by atoms with Gasteiger partial charge in [0, 0.05) is 31.7 Å². The Labute approximate surface area is 182 Å². The van der Waals surface area contributed by atoms with Gasteiger partial charge in [0.15, 0.2) is 11.4 Å². The van der Waals surface area contributed by atoms with Crippen LogP contribution in [-0.2, 0) is 9.59 Å². The van der Waals surface area contributed by atoms with Crippen molar-refractivity contribution in [2.24, 2.45) is 5.92 Å². The van der Waals surface area contributed by atoms with E-state index in [9.17, 15) is 22.8 Å². The topological polar surface area (TPSA) is 96.5 Å². The summed E-state index contributed by atoms with van der Waals surface area (Å²) >= 11 is 0. The molecule has 2 N–H and O–H groups in total. The van der Waals surface area contributed by atoms with E-state index >= 15 is 0 Å².